The zero-order valence-electron chi connectivity index (χ0n) is 14.1. The average Bonchev–Trinajstić information content (AvgIpc) is 3.27. The Hall–Kier alpha value is -0.980. The Kier molecular flexibility index (Phi) is 4.65. The summed E-state index contributed by atoms with van der Waals surface area (Å²) in [5.74, 6) is 0.372. The van der Waals surface area contributed by atoms with Crippen LogP contribution in [-0.4, -0.2) is 65.4 Å². The molecule has 8 nitrogen and oxygen atoms in total. The molecule has 0 bridgehead atoms. The van der Waals surface area contributed by atoms with Crippen molar-refractivity contribution in [2.75, 3.05) is 39.4 Å². The van der Waals surface area contributed by atoms with E-state index in [-0.39, 0.29) is 8.42 Å². The van der Waals surface area contributed by atoms with E-state index in [0.717, 1.165) is 37.3 Å². The number of hydrogen-bond donors (Lipinski definition) is 1. The quantitative estimate of drug-likeness (QED) is 0.743. The Morgan fingerprint density at radius 2 is 1.96 bits per heavy atom. The van der Waals surface area contributed by atoms with Crippen molar-refractivity contribution in [3.05, 3.63) is 17.3 Å². The van der Waals surface area contributed by atoms with Crippen LogP contribution in [0.5, 0.6) is 0 Å². The van der Waals surface area contributed by atoms with Gasteiger partial charge in [-0.2, -0.15) is 0 Å². The highest BCUT2D eigenvalue weighted by atomic mass is 32.3. The van der Waals surface area contributed by atoms with E-state index in [1.165, 1.54) is 10.4 Å². The van der Waals surface area contributed by atoms with Crippen molar-refractivity contribution in [2.24, 2.45) is 11.1 Å². The first-order chi connectivity index (χ1) is 12.2. The van der Waals surface area contributed by atoms with Gasteiger partial charge in [0.2, 0.25) is 10.0 Å². The Morgan fingerprint density at radius 1 is 1.27 bits per heavy atom. The van der Waals surface area contributed by atoms with Crippen molar-refractivity contribution in [2.45, 2.75) is 21.3 Å². The van der Waals surface area contributed by atoms with Crippen LogP contribution in [-0.2, 0) is 24.8 Å². The lowest BCUT2D eigenvalue weighted by Gasteiger charge is -2.34. The average molecular weight is 420 g/mol. The lowest BCUT2D eigenvalue weighted by molar-refractivity contribution is 0.0406. The van der Waals surface area contributed by atoms with Crippen LogP contribution >= 0.6 is 11.3 Å². The first kappa shape index (κ1) is 18.4. The normalized spacial score (nSPS) is 23.6. The molecule has 1 saturated heterocycles. The van der Waals surface area contributed by atoms with Gasteiger partial charge in [0.1, 0.15) is 8.42 Å². The Balaban J connectivity index is 1.74. The van der Waals surface area contributed by atoms with Crippen LogP contribution < -0.4 is 5.14 Å². The molecule has 0 aromatic carbocycles. The smallest absolute Gasteiger partial charge is 0.274 e. The van der Waals surface area contributed by atoms with Gasteiger partial charge in [-0.25, -0.2) is 22.0 Å². The van der Waals surface area contributed by atoms with Crippen LogP contribution in [0.1, 0.15) is 18.4 Å². The molecule has 26 heavy (non-hydrogen) atoms. The van der Waals surface area contributed by atoms with Gasteiger partial charge in [-0.3, -0.25) is 9.21 Å². The number of hydrogen-bond acceptors (Lipinski definition) is 7. The summed E-state index contributed by atoms with van der Waals surface area (Å²) in [4.78, 5) is 2.16. The molecule has 3 heterocycles. The molecule has 0 unspecified atom stereocenters. The largest absolute Gasteiger partial charge is 0.379 e. The molecule has 0 spiro atoms. The lowest BCUT2D eigenvalue weighted by Crippen LogP contribution is -2.43. The number of ether oxygens (including phenoxy) is 1. The summed E-state index contributed by atoms with van der Waals surface area (Å²) in [6, 6.07) is 1.36. The third kappa shape index (κ3) is 3.56. The van der Waals surface area contributed by atoms with Gasteiger partial charge in [-0.15, -0.1) is 11.3 Å². The third-order valence-electron chi connectivity index (χ3n) is 4.76. The van der Waals surface area contributed by atoms with Gasteiger partial charge >= 0.3 is 0 Å². The third-order valence-corrected chi connectivity index (χ3v) is 9.68. The summed E-state index contributed by atoms with van der Waals surface area (Å²) in [6.45, 7) is 3.68. The highest BCUT2D eigenvalue weighted by Gasteiger charge is 2.39. The molecule has 0 amide bonds. The Bertz CT molecular complexity index is 941. The second-order valence-electron chi connectivity index (χ2n) is 6.86. The van der Waals surface area contributed by atoms with Crippen LogP contribution in [0.4, 0.5) is 0 Å². The van der Waals surface area contributed by atoms with E-state index in [4.69, 9.17) is 9.88 Å². The molecular weight excluding hydrogens is 398 g/mol. The standard InChI is InChI=1S/C15H21N3O5S3/c16-25(19,20)14-8-12-7-13(10-17-3-5-23-6-4-17)18(9-11-1-2-11)26(21,22)15(12)24-14/h7-8,11H,1-6,9-10H2,(H2,16,19,20). The highest BCUT2D eigenvalue weighted by Crippen LogP contribution is 2.41. The number of fused-ring (bicyclic) bond motifs is 1. The van der Waals surface area contributed by atoms with Gasteiger partial charge in [-0.05, 0) is 30.9 Å². The maximum Gasteiger partial charge on any atom is 0.274 e. The fraction of sp³-hybridized carbons (Fsp3) is 0.600. The summed E-state index contributed by atoms with van der Waals surface area (Å²) in [7, 11) is -7.71. The molecule has 0 atom stereocenters. The van der Waals surface area contributed by atoms with Crippen molar-refractivity contribution in [3.63, 3.8) is 0 Å². The van der Waals surface area contributed by atoms with Crippen molar-refractivity contribution in [3.8, 4) is 0 Å². The summed E-state index contributed by atoms with van der Waals surface area (Å²) in [5, 5.41) is 5.20. The highest BCUT2D eigenvalue weighted by molar-refractivity contribution is 7.94. The van der Waals surface area contributed by atoms with E-state index in [0.29, 0.717) is 43.5 Å². The first-order valence-electron chi connectivity index (χ1n) is 8.45. The molecule has 0 radical (unpaired) electrons. The minimum absolute atomic E-state index is 0.0629. The number of nitrogens with zero attached hydrogens (tertiary/aromatic N) is 2. The van der Waals surface area contributed by atoms with Gasteiger partial charge in [0.15, 0.2) is 0 Å². The van der Waals surface area contributed by atoms with E-state index in [1.807, 2.05) is 0 Å². The van der Waals surface area contributed by atoms with Gasteiger partial charge in [0, 0.05) is 37.4 Å². The van der Waals surface area contributed by atoms with Crippen molar-refractivity contribution in [1.82, 2.24) is 9.21 Å². The van der Waals surface area contributed by atoms with Crippen molar-refractivity contribution >= 4 is 37.5 Å². The van der Waals surface area contributed by atoms with Crippen LogP contribution in [0, 0.1) is 5.92 Å². The van der Waals surface area contributed by atoms with E-state index >= 15 is 0 Å². The molecule has 2 aliphatic heterocycles. The first-order valence-corrected chi connectivity index (χ1v) is 12.3. The van der Waals surface area contributed by atoms with Gasteiger partial charge in [0.25, 0.3) is 10.0 Å². The molecule has 1 aliphatic carbocycles. The molecule has 144 valence electrons. The van der Waals surface area contributed by atoms with Gasteiger partial charge in [-0.1, -0.05) is 0 Å². The summed E-state index contributed by atoms with van der Waals surface area (Å²) in [6.07, 6.45) is 3.84. The Morgan fingerprint density at radius 3 is 2.58 bits per heavy atom. The number of thiophene rings is 1. The summed E-state index contributed by atoms with van der Waals surface area (Å²) >= 11 is 0.728. The second-order valence-corrected chi connectivity index (χ2v) is 11.8. The topological polar surface area (TPSA) is 110 Å². The predicted octanol–water partition coefficient (Wildman–Crippen LogP) is 0.483. The Labute approximate surface area is 157 Å². The molecule has 4 rings (SSSR count). The molecular formula is C15H21N3O5S3. The maximum absolute atomic E-state index is 13.2. The molecule has 3 aliphatic rings. The van der Waals surface area contributed by atoms with Crippen LogP contribution in [0.3, 0.4) is 0 Å². The maximum atomic E-state index is 13.2. The minimum Gasteiger partial charge on any atom is -0.379 e. The molecule has 1 saturated carbocycles. The number of sulfonamides is 2. The van der Waals surface area contributed by atoms with Crippen LogP contribution in [0.2, 0.25) is 0 Å². The van der Waals surface area contributed by atoms with Gasteiger partial charge < -0.3 is 4.74 Å². The molecule has 2 N–H and O–H groups in total. The molecule has 1 aromatic heterocycles. The lowest BCUT2D eigenvalue weighted by atomic mass is 10.2. The van der Waals surface area contributed by atoms with Crippen LogP contribution in [0.25, 0.3) is 6.08 Å². The van der Waals surface area contributed by atoms with E-state index in [2.05, 4.69) is 4.90 Å². The summed E-state index contributed by atoms with van der Waals surface area (Å²) < 4.78 is 56.4. The zero-order chi connectivity index (χ0) is 18.5. The zero-order valence-corrected chi connectivity index (χ0v) is 16.6. The number of rotatable bonds is 5. The predicted molar refractivity (Wildman–Crippen MR) is 97.5 cm³/mol. The fourth-order valence-electron chi connectivity index (χ4n) is 3.18. The van der Waals surface area contributed by atoms with E-state index < -0.39 is 20.0 Å². The number of primary sulfonamides is 1. The van der Waals surface area contributed by atoms with Crippen LogP contribution in [0.15, 0.2) is 20.2 Å². The second kappa shape index (κ2) is 6.57. The van der Waals surface area contributed by atoms with Crippen molar-refractivity contribution in [1.29, 1.82) is 0 Å². The molecule has 2 fully saturated rings. The summed E-state index contributed by atoms with van der Waals surface area (Å²) in [5.41, 5.74) is 1.10. The van der Waals surface area contributed by atoms with E-state index in [1.54, 1.807) is 6.08 Å². The van der Waals surface area contributed by atoms with E-state index in [9.17, 15) is 16.8 Å². The minimum atomic E-state index is -3.94. The molecule has 1 aromatic rings. The van der Waals surface area contributed by atoms with Gasteiger partial charge in [0.05, 0.1) is 13.2 Å². The number of morpholine rings is 1. The molecule has 11 heteroatoms. The fourth-order valence-corrected chi connectivity index (χ4v) is 7.35. The SMILES string of the molecule is NS(=O)(=O)c1cc2c(s1)S(=O)(=O)N(CC1CC1)C(CN1CCOCC1)=C2. The van der Waals surface area contributed by atoms with Crippen molar-refractivity contribution < 1.29 is 21.6 Å². The monoisotopic (exact) mass is 419 g/mol. The number of nitrogens with two attached hydrogens (primary N) is 1.